The first-order valence-electron chi connectivity index (χ1n) is 8.11. The highest BCUT2D eigenvalue weighted by Crippen LogP contribution is 2.29. The third-order valence-electron chi connectivity index (χ3n) is 4.39. The smallest absolute Gasteiger partial charge is 0.241 e. The Morgan fingerprint density at radius 1 is 1.40 bits per heavy atom. The van der Waals surface area contributed by atoms with E-state index in [9.17, 15) is 9.59 Å². The van der Waals surface area contributed by atoms with Gasteiger partial charge in [-0.15, -0.1) is 12.4 Å². The number of rotatable bonds is 7. The normalized spacial score (nSPS) is 19.4. The zero-order valence-corrected chi connectivity index (χ0v) is 16.1. The van der Waals surface area contributed by atoms with Crippen LogP contribution in [-0.2, 0) is 21.4 Å². The summed E-state index contributed by atoms with van der Waals surface area (Å²) in [6.07, 6.45) is 3.75. The molecule has 2 amide bonds. The van der Waals surface area contributed by atoms with Gasteiger partial charge in [0, 0.05) is 60.0 Å². The van der Waals surface area contributed by atoms with Gasteiger partial charge in [-0.3, -0.25) is 14.3 Å². The molecule has 1 aliphatic rings. The van der Waals surface area contributed by atoms with Crippen molar-refractivity contribution in [2.24, 2.45) is 13.0 Å². The summed E-state index contributed by atoms with van der Waals surface area (Å²) in [7, 11) is 6.84. The minimum absolute atomic E-state index is 0. The number of likely N-dealkylation sites (N-methyl/N-ethyl adjacent to an activating group) is 1. The van der Waals surface area contributed by atoms with E-state index in [2.05, 4.69) is 10.4 Å². The fraction of sp³-hybridized carbons (Fsp3) is 0.688. The number of hydrogen-bond acceptors (Lipinski definition) is 5. The first-order valence-corrected chi connectivity index (χ1v) is 8.11. The van der Waals surface area contributed by atoms with Gasteiger partial charge in [0.2, 0.25) is 11.8 Å². The lowest BCUT2D eigenvalue weighted by Crippen LogP contribution is -2.45. The number of halogens is 1. The molecule has 1 aliphatic heterocycles. The van der Waals surface area contributed by atoms with Crippen molar-refractivity contribution in [3.8, 4) is 0 Å². The number of amides is 2. The van der Waals surface area contributed by atoms with Gasteiger partial charge in [0.05, 0.1) is 25.3 Å². The molecule has 0 aromatic carbocycles. The van der Waals surface area contributed by atoms with Crippen LogP contribution in [0.15, 0.2) is 12.4 Å². The molecule has 0 saturated carbocycles. The Hall–Kier alpha value is -1.64. The van der Waals surface area contributed by atoms with E-state index >= 15 is 0 Å². The molecule has 1 fully saturated rings. The van der Waals surface area contributed by atoms with Gasteiger partial charge < -0.3 is 19.9 Å². The maximum Gasteiger partial charge on any atom is 0.241 e. The zero-order valence-electron chi connectivity index (χ0n) is 15.3. The molecule has 0 bridgehead atoms. The first kappa shape index (κ1) is 21.4. The summed E-state index contributed by atoms with van der Waals surface area (Å²) in [5.41, 5.74) is 1.05. The minimum Gasteiger partial charge on any atom is -0.383 e. The Kier molecular flexibility index (Phi) is 8.34. The number of nitrogens with one attached hydrogen (secondary N) is 1. The van der Waals surface area contributed by atoms with Crippen LogP contribution in [0.2, 0.25) is 0 Å². The Labute approximate surface area is 154 Å². The van der Waals surface area contributed by atoms with Crippen LogP contribution in [0.25, 0.3) is 0 Å². The van der Waals surface area contributed by atoms with Crippen molar-refractivity contribution in [1.29, 1.82) is 0 Å². The standard InChI is InChI=1S/C16H27N5O3.ClH/c1-19(2)15(22)11-21(5-6-24-4)16(23)14-9-17-8-13(14)12-7-18-20(3)10-12;/h7,10,13-14,17H,5-6,8-9,11H2,1-4H3;1H/t13-,14+;/m1./s1. The number of carbonyl (C=O) groups excluding carboxylic acids is 2. The number of carbonyl (C=O) groups is 2. The van der Waals surface area contributed by atoms with Gasteiger partial charge in [-0.1, -0.05) is 0 Å². The molecule has 2 heterocycles. The molecule has 1 aromatic rings. The molecule has 0 unspecified atom stereocenters. The van der Waals surface area contributed by atoms with E-state index in [0.717, 1.165) is 12.1 Å². The van der Waals surface area contributed by atoms with E-state index in [1.165, 1.54) is 4.90 Å². The molecular formula is C16H28ClN5O3. The lowest BCUT2D eigenvalue weighted by molar-refractivity contribution is -0.142. The number of nitrogens with zero attached hydrogens (tertiary/aromatic N) is 4. The van der Waals surface area contributed by atoms with Crippen LogP contribution >= 0.6 is 12.4 Å². The van der Waals surface area contributed by atoms with Crippen LogP contribution in [0.5, 0.6) is 0 Å². The molecule has 1 N–H and O–H groups in total. The quantitative estimate of drug-likeness (QED) is 0.710. The van der Waals surface area contributed by atoms with E-state index in [1.807, 2.05) is 19.4 Å². The van der Waals surface area contributed by atoms with Crippen molar-refractivity contribution in [2.45, 2.75) is 5.92 Å². The average Bonchev–Trinajstić information content (AvgIpc) is 3.18. The molecule has 0 aliphatic carbocycles. The molecule has 25 heavy (non-hydrogen) atoms. The average molecular weight is 374 g/mol. The maximum atomic E-state index is 13.0. The van der Waals surface area contributed by atoms with Gasteiger partial charge >= 0.3 is 0 Å². The van der Waals surface area contributed by atoms with Gasteiger partial charge in [-0.25, -0.2) is 0 Å². The third-order valence-corrected chi connectivity index (χ3v) is 4.39. The monoisotopic (exact) mass is 373 g/mol. The lowest BCUT2D eigenvalue weighted by Gasteiger charge is -2.28. The number of aromatic nitrogens is 2. The molecule has 0 radical (unpaired) electrons. The third kappa shape index (κ3) is 5.42. The molecule has 0 spiro atoms. The van der Waals surface area contributed by atoms with Crippen LogP contribution in [0.4, 0.5) is 0 Å². The summed E-state index contributed by atoms with van der Waals surface area (Å²) in [5, 5.41) is 7.49. The summed E-state index contributed by atoms with van der Waals surface area (Å²) in [6.45, 7) is 2.24. The Morgan fingerprint density at radius 2 is 2.12 bits per heavy atom. The number of methoxy groups -OCH3 is 1. The van der Waals surface area contributed by atoms with Gasteiger partial charge in [0.25, 0.3) is 0 Å². The van der Waals surface area contributed by atoms with Gasteiger partial charge in [-0.2, -0.15) is 5.10 Å². The Bertz CT molecular complexity index is 578. The predicted molar refractivity (Wildman–Crippen MR) is 96.7 cm³/mol. The second-order valence-corrected chi connectivity index (χ2v) is 6.36. The molecule has 8 nitrogen and oxygen atoms in total. The highest BCUT2D eigenvalue weighted by molar-refractivity contribution is 5.86. The molecular weight excluding hydrogens is 346 g/mol. The van der Waals surface area contributed by atoms with E-state index in [-0.39, 0.29) is 42.6 Å². The predicted octanol–water partition coefficient (Wildman–Crippen LogP) is -0.292. The zero-order chi connectivity index (χ0) is 17.7. The molecule has 2 atom stereocenters. The van der Waals surface area contributed by atoms with Crippen LogP contribution in [0, 0.1) is 5.92 Å². The molecule has 1 saturated heterocycles. The summed E-state index contributed by atoms with van der Waals surface area (Å²) in [5.74, 6) is -0.226. The van der Waals surface area contributed by atoms with Crippen molar-refractivity contribution < 1.29 is 14.3 Å². The Balaban J connectivity index is 0.00000312. The van der Waals surface area contributed by atoms with E-state index < -0.39 is 0 Å². The topological polar surface area (TPSA) is 79.7 Å². The van der Waals surface area contributed by atoms with Crippen LogP contribution in [0.1, 0.15) is 11.5 Å². The second-order valence-electron chi connectivity index (χ2n) is 6.36. The molecule has 9 heteroatoms. The molecule has 142 valence electrons. The van der Waals surface area contributed by atoms with Crippen LogP contribution in [0.3, 0.4) is 0 Å². The SMILES string of the molecule is COCCN(CC(=O)N(C)C)C(=O)[C@H]1CNC[C@@H]1c1cnn(C)c1.Cl. The van der Waals surface area contributed by atoms with Crippen molar-refractivity contribution in [3.63, 3.8) is 0 Å². The second kappa shape index (κ2) is 9.74. The van der Waals surface area contributed by atoms with E-state index in [4.69, 9.17) is 4.74 Å². The van der Waals surface area contributed by atoms with Gasteiger partial charge in [0.15, 0.2) is 0 Å². The summed E-state index contributed by atoms with van der Waals surface area (Å²) >= 11 is 0. The summed E-state index contributed by atoms with van der Waals surface area (Å²) in [4.78, 5) is 28.2. The molecule has 1 aromatic heterocycles. The largest absolute Gasteiger partial charge is 0.383 e. The first-order chi connectivity index (χ1) is 11.4. The number of hydrogen-bond donors (Lipinski definition) is 1. The fourth-order valence-corrected chi connectivity index (χ4v) is 2.93. The minimum atomic E-state index is -0.194. The van der Waals surface area contributed by atoms with Crippen molar-refractivity contribution >= 4 is 24.2 Å². The van der Waals surface area contributed by atoms with E-state index in [1.54, 1.807) is 30.8 Å². The number of ether oxygens (including phenoxy) is 1. The highest BCUT2D eigenvalue weighted by atomic mass is 35.5. The Morgan fingerprint density at radius 3 is 2.68 bits per heavy atom. The summed E-state index contributed by atoms with van der Waals surface area (Å²) in [6, 6.07) is 0. The van der Waals surface area contributed by atoms with E-state index in [0.29, 0.717) is 19.7 Å². The van der Waals surface area contributed by atoms with Gasteiger partial charge in [0.1, 0.15) is 0 Å². The maximum absolute atomic E-state index is 13.0. The fourth-order valence-electron chi connectivity index (χ4n) is 2.93. The molecule has 2 rings (SSSR count). The van der Waals surface area contributed by atoms with Crippen molar-refractivity contribution in [3.05, 3.63) is 18.0 Å². The highest BCUT2D eigenvalue weighted by Gasteiger charge is 2.37. The van der Waals surface area contributed by atoms with Crippen LogP contribution < -0.4 is 5.32 Å². The van der Waals surface area contributed by atoms with Crippen LogP contribution in [-0.4, -0.2) is 85.4 Å². The number of aryl methyl sites for hydroxylation is 1. The van der Waals surface area contributed by atoms with Crippen molar-refractivity contribution in [2.75, 3.05) is 54.0 Å². The summed E-state index contributed by atoms with van der Waals surface area (Å²) < 4.78 is 6.84. The van der Waals surface area contributed by atoms with Gasteiger partial charge in [-0.05, 0) is 5.56 Å². The lowest BCUT2D eigenvalue weighted by atomic mass is 9.89. The van der Waals surface area contributed by atoms with Crippen molar-refractivity contribution in [1.82, 2.24) is 24.9 Å².